The first-order valence-electron chi connectivity index (χ1n) is 8.42. The van der Waals surface area contributed by atoms with Gasteiger partial charge in [0, 0.05) is 32.1 Å². The first kappa shape index (κ1) is 14.7. The lowest BCUT2D eigenvalue weighted by atomic mass is 10.0. The van der Waals surface area contributed by atoms with Crippen LogP contribution in [0.15, 0.2) is 16.8 Å². The van der Waals surface area contributed by atoms with Gasteiger partial charge in [0.05, 0.1) is 18.6 Å². The van der Waals surface area contributed by atoms with Crippen LogP contribution >= 0.6 is 11.3 Å². The van der Waals surface area contributed by atoms with Crippen LogP contribution in [0.3, 0.4) is 0 Å². The van der Waals surface area contributed by atoms with Gasteiger partial charge < -0.3 is 10.1 Å². The van der Waals surface area contributed by atoms with Crippen molar-refractivity contribution in [2.45, 2.75) is 44.4 Å². The second kappa shape index (κ2) is 6.30. The maximum Gasteiger partial charge on any atom is 0.222 e. The van der Waals surface area contributed by atoms with Crippen LogP contribution in [0.5, 0.6) is 0 Å². The van der Waals surface area contributed by atoms with Crippen molar-refractivity contribution < 1.29 is 9.53 Å². The van der Waals surface area contributed by atoms with Gasteiger partial charge in [-0.2, -0.15) is 11.3 Å². The standard InChI is InChI=1S/C17H24N2O2S/c20-17(18-7-12-1-2-12)6-15-5-14-9-19(10-16(14)21-15)8-13-3-4-22-11-13/h3-4,11-12,14-16H,1-2,5-10H2,(H,18,20)/t14-,15-,16+/m0/s1. The van der Waals surface area contributed by atoms with Crippen LogP contribution in [0.2, 0.25) is 0 Å². The number of rotatable bonds is 6. The Morgan fingerprint density at radius 2 is 2.32 bits per heavy atom. The van der Waals surface area contributed by atoms with E-state index < -0.39 is 0 Å². The molecule has 1 amide bonds. The number of hydrogen-bond donors (Lipinski definition) is 1. The Hall–Kier alpha value is -0.910. The highest BCUT2D eigenvalue weighted by Crippen LogP contribution is 2.35. The van der Waals surface area contributed by atoms with E-state index in [2.05, 4.69) is 27.0 Å². The summed E-state index contributed by atoms with van der Waals surface area (Å²) in [6.45, 7) is 4.03. The van der Waals surface area contributed by atoms with Crippen LogP contribution in [0.1, 0.15) is 31.2 Å². The van der Waals surface area contributed by atoms with Crippen molar-refractivity contribution in [3.63, 3.8) is 0 Å². The predicted molar refractivity (Wildman–Crippen MR) is 86.7 cm³/mol. The Morgan fingerprint density at radius 3 is 3.05 bits per heavy atom. The quantitative estimate of drug-likeness (QED) is 0.874. The fraction of sp³-hybridized carbons (Fsp3) is 0.706. The fourth-order valence-electron chi connectivity index (χ4n) is 3.71. The van der Waals surface area contributed by atoms with Crippen molar-refractivity contribution in [2.75, 3.05) is 19.6 Å². The third kappa shape index (κ3) is 3.53. The van der Waals surface area contributed by atoms with E-state index in [4.69, 9.17) is 4.74 Å². The monoisotopic (exact) mass is 320 g/mol. The molecule has 0 radical (unpaired) electrons. The van der Waals surface area contributed by atoms with Gasteiger partial charge in [-0.15, -0.1) is 0 Å². The largest absolute Gasteiger partial charge is 0.373 e. The molecule has 1 aromatic heterocycles. The van der Waals surface area contributed by atoms with Gasteiger partial charge in [-0.3, -0.25) is 9.69 Å². The van der Waals surface area contributed by atoms with E-state index in [-0.39, 0.29) is 12.0 Å². The van der Waals surface area contributed by atoms with Gasteiger partial charge in [0.15, 0.2) is 0 Å². The number of carbonyl (C=O) groups is 1. The second-order valence-corrected chi connectivity index (χ2v) is 7.85. The van der Waals surface area contributed by atoms with Crippen molar-refractivity contribution in [3.8, 4) is 0 Å². The minimum atomic E-state index is 0.137. The first-order valence-corrected chi connectivity index (χ1v) is 9.36. The minimum absolute atomic E-state index is 0.137. The molecule has 0 aromatic carbocycles. The molecule has 4 nitrogen and oxygen atoms in total. The minimum Gasteiger partial charge on any atom is -0.373 e. The smallest absolute Gasteiger partial charge is 0.222 e. The molecule has 0 unspecified atom stereocenters. The zero-order valence-corrected chi connectivity index (χ0v) is 13.7. The summed E-state index contributed by atoms with van der Waals surface area (Å²) in [6.07, 6.45) is 4.62. The topological polar surface area (TPSA) is 41.6 Å². The molecule has 3 atom stereocenters. The van der Waals surface area contributed by atoms with E-state index in [0.717, 1.165) is 38.5 Å². The zero-order valence-electron chi connectivity index (χ0n) is 12.9. The second-order valence-electron chi connectivity index (χ2n) is 7.07. The lowest BCUT2D eigenvalue weighted by Gasteiger charge is -2.18. The highest BCUT2D eigenvalue weighted by atomic mass is 32.1. The lowest BCUT2D eigenvalue weighted by molar-refractivity contribution is -0.123. The van der Waals surface area contributed by atoms with Crippen molar-refractivity contribution in [1.82, 2.24) is 10.2 Å². The number of nitrogens with zero attached hydrogens (tertiary/aromatic N) is 1. The van der Waals surface area contributed by atoms with E-state index >= 15 is 0 Å². The van der Waals surface area contributed by atoms with E-state index in [1.165, 1.54) is 18.4 Å². The Balaban J connectivity index is 1.20. The van der Waals surface area contributed by atoms with Crippen molar-refractivity contribution in [1.29, 1.82) is 0 Å². The van der Waals surface area contributed by atoms with Gasteiger partial charge in [-0.1, -0.05) is 0 Å². The molecule has 22 heavy (non-hydrogen) atoms. The normalized spacial score (nSPS) is 31.4. The Bertz CT molecular complexity index is 501. The van der Waals surface area contributed by atoms with Crippen LogP contribution in [0.4, 0.5) is 0 Å². The van der Waals surface area contributed by atoms with Gasteiger partial charge in [0.25, 0.3) is 0 Å². The molecule has 0 spiro atoms. The molecule has 1 saturated carbocycles. The number of ether oxygens (including phenoxy) is 1. The molecule has 2 saturated heterocycles. The summed E-state index contributed by atoms with van der Waals surface area (Å²) in [7, 11) is 0. The molecular weight excluding hydrogens is 296 g/mol. The highest BCUT2D eigenvalue weighted by Gasteiger charge is 2.42. The van der Waals surface area contributed by atoms with Crippen LogP contribution in [-0.2, 0) is 16.1 Å². The molecule has 1 aromatic rings. The average Bonchev–Trinajstić information content (AvgIpc) is 2.85. The summed E-state index contributed by atoms with van der Waals surface area (Å²) >= 11 is 1.76. The van der Waals surface area contributed by atoms with Gasteiger partial charge in [-0.25, -0.2) is 0 Å². The lowest BCUT2D eigenvalue weighted by Crippen LogP contribution is -2.30. The SMILES string of the molecule is O=C(C[C@@H]1C[C@H]2CN(Cc3ccsc3)C[C@H]2O1)NCC1CC1. The molecule has 3 fully saturated rings. The Kier molecular flexibility index (Phi) is 4.20. The number of amides is 1. The summed E-state index contributed by atoms with van der Waals surface area (Å²) in [5.41, 5.74) is 1.40. The first-order chi connectivity index (χ1) is 10.8. The maximum absolute atomic E-state index is 11.9. The van der Waals surface area contributed by atoms with Crippen LogP contribution in [-0.4, -0.2) is 42.6 Å². The third-order valence-corrected chi connectivity index (χ3v) is 5.81. The van der Waals surface area contributed by atoms with Gasteiger partial charge in [0.2, 0.25) is 5.91 Å². The Labute approximate surface area is 135 Å². The summed E-state index contributed by atoms with van der Waals surface area (Å²) in [6, 6.07) is 2.20. The van der Waals surface area contributed by atoms with Gasteiger partial charge in [-0.05, 0) is 47.6 Å². The summed E-state index contributed by atoms with van der Waals surface area (Å²) < 4.78 is 6.13. The molecule has 0 bridgehead atoms. The highest BCUT2D eigenvalue weighted by molar-refractivity contribution is 7.07. The average molecular weight is 320 g/mol. The van der Waals surface area contributed by atoms with Crippen molar-refractivity contribution in [2.24, 2.45) is 11.8 Å². The van der Waals surface area contributed by atoms with E-state index in [1.54, 1.807) is 11.3 Å². The summed E-state index contributed by atoms with van der Waals surface area (Å²) in [5.74, 6) is 1.53. The van der Waals surface area contributed by atoms with Crippen molar-refractivity contribution in [3.05, 3.63) is 22.4 Å². The predicted octanol–water partition coefficient (Wildman–Crippen LogP) is 2.25. The molecular formula is C17H24N2O2S. The summed E-state index contributed by atoms with van der Waals surface area (Å²) in [5, 5.41) is 7.41. The number of likely N-dealkylation sites (tertiary alicyclic amines) is 1. The molecule has 1 N–H and O–H groups in total. The van der Waals surface area contributed by atoms with Crippen LogP contribution < -0.4 is 5.32 Å². The Morgan fingerprint density at radius 1 is 1.41 bits per heavy atom. The number of nitrogens with one attached hydrogen (secondary N) is 1. The molecule has 2 aliphatic heterocycles. The van der Waals surface area contributed by atoms with Gasteiger partial charge in [0.1, 0.15) is 0 Å². The van der Waals surface area contributed by atoms with Crippen molar-refractivity contribution >= 4 is 17.2 Å². The molecule has 3 heterocycles. The number of hydrogen-bond acceptors (Lipinski definition) is 4. The summed E-state index contributed by atoms with van der Waals surface area (Å²) in [4.78, 5) is 14.4. The number of fused-ring (bicyclic) bond motifs is 1. The molecule has 5 heteroatoms. The van der Waals surface area contributed by atoms with Crippen LogP contribution in [0, 0.1) is 11.8 Å². The third-order valence-electron chi connectivity index (χ3n) is 5.07. The van der Waals surface area contributed by atoms with E-state index in [1.807, 2.05) is 0 Å². The molecule has 3 aliphatic rings. The molecule has 4 rings (SSSR count). The maximum atomic E-state index is 11.9. The number of thiophene rings is 1. The van der Waals surface area contributed by atoms with E-state index in [0.29, 0.717) is 18.4 Å². The number of carbonyl (C=O) groups excluding carboxylic acids is 1. The van der Waals surface area contributed by atoms with E-state index in [9.17, 15) is 4.79 Å². The van der Waals surface area contributed by atoms with Crippen LogP contribution in [0.25, 0.3) is 0 Å². The molecule has 120 valence electrons. The molecule has 1 aliphatic carbocycles. The van der Waals surface area contributed by atoms with Gasteiger partial charge >= 0.3 is 0 Å². The zero-order chi connectivity index (χ0) is 14.9. The fourth-order valence-corrected chi connectivity index (χ4v) is 4.37.